The zero-order valence-electron chi connectivity index (χ0n) is 38.8. The van der Waals surface area contributed by atoms with Crippen LogP contribution in [0.1, 0.15) is 163 Å². The molecule has 0 radical (unpaired) electrons. The van der Waals surface area contributed by atoms with Gasteiger partial charge in [-0.05, 0) is 57.8 Å². The first-order valence-electron chi connectivity index (χ1n) is 23.1. The van der Waals surface area contributed by atoms with Crippen LogP contribution in [-0.4, -0.2) is 104 Å². The predicted molar refractivity (Wildman–Crippen MR) is 246 cm³/mol. The van der Waals surface area contributed by atoms with Crippen LogP contribution in [-0.2, 0) is 33.6 Å². The van der Waals surface area contributed by atoms with Gasteiger partial charge in [-0.3, -0.25) is 44.4 Å². The molecule has 0 saturated carbocycles. The van der Waals surface area contributed by atoms with Crippen LogP contribution < -0.4 is 59.7 Å². The molecule has 0 aromatic rings. The second kappa shape index (κ2) is 35.3. The predicted octanol–water partition coefficient (Wildman–Crippen LogP) is 1.50. The third kappa shape index (κ3) is 30.5. The monoisotopic (exact) mass is 894 g/mol. The van der Waals surface area contributed by atoms with Gasteiger partial charge >= 0.3 is 0 Å². The molecular formula is C43H83N13O7. The Labute approximate surface area is 375 Å². The number of hydrogen-bond donors (Lipinski definition) is 13. The van der Waals surface area contributed by atoms with Crippen molar-refractivity contribution in [2.75, 3.05) is 20.1 Å². The number of hydrogen-bond acceptors (Lipinski definition) is 9. The fourth-order valence-electron chi connectivity index (χ4n) is 6.84. The Balaban J connectivity index is 5.88. The molecule has 0 aliphatic rings. The summed E-state index contributed by atoms with van der Waals surface area (Å²) < 4.78 is 0. The van der Waals surface area contributed by atoms with Gasteiger partial charge in [0.15, 0.2) is 11.9 Å². The second-order valence-electron chi connectivity index (χ2n) is 16.7. The molecule has 0 bridgehead atoms. The molecule has 63 heavy (non-hydrogen) atoms. The lowest BCUT2D eigenvalue weighted by atomic mass is 10.0. The fourth-order valence-corrected chi connectivity index (χ4v) is 6.84. The summed E-state index contributed by atoms with van der Waals surface area (Å²) in [6.45, 7) is 7.83. The lowest BCUT2D eigenvalue weighted by molar-refractivity contribution is -0.135. The van der Waals surface area contributed by atoms with E-state index in [1.807, 2.05) is 13.8 Å². The summed E-state index contributed by atoms with van der Waals surface area (Å²) in [4.78, 5) is 91.7. The van der Waals surface area contributed by atoms with Crippen LogP contribution in [0.2, 0.25) is 0 Å². The number of rotatable bonds is 37. The first-order chi connectivity index (χ1) is 29.9. The molecule has 20 nitrogen and oxygen atoms in total. The molecule has 0 rings (SSSR count). The lowest BCUT2D eigenvalue weighted by Gasteiger charge is -2.27. The Kier molecular flexibility index (Phi) is 32.4. The number of amides is 7. The van der Waals surface area contributed by atoms with Gasteiger partial charge in [0, 0.05) is 33.0 Å². The van der Waals surface area contributed by atoms with E-state index in [2.05, 4.69) is 49.5 Å². The molecule has 0 fully saturated rings. The third-order valence-corrected chi connectivity index (χ3v) is 10.4. The molecular weight excluding hydrogens is 811 g/mol. The summed E-state index contributed by atoms with van der Waals surface area (Å²) in [5.74, 6) is -4.97. The number of likely N-dealkylation sites (N-methyl/N-ethyl adjacent to an activating group) is 1. The summed E-state index contributed by atoms with van der Waals surface area (Å²) >= 11 is 0. The fraction of sp³-hybridized carbons (Fsp3) is 0.791. The highest BCUT2D eigenvalue weighted by Gasteiger charge is 2.32. The SMILES string of the molecule is CCCCCCCCCCCCCCCC(=O)N[C@@H](CCCNC(=N)N)C(=O)N[C@@H](CC(C)C)C(=O)N[C@@H](CCCNC(=N)N)C(=O)N[C@@H](CCC(N)=O)C(=O)N[C@@H](C)C(=O)NC. The van der Waals surface area contributed by atoms with Crippen molar-refractivity contribution < 1.29 is 33.6 Å². The van der Waals surface area contributed by atoms with Gasteiger partial charge in [0.05, 0.1) is 0 Å². The van der Waals surface area contributed by atoms with Gasteiger partial charge in [-0.2, -0.15) is 0 Å². The van der Waals surface area contributed by atoms with E-state index in [1.165, 1.54) is 71.8 Å². The Bertz CT molecular complexity index is 1410. The van der Waals surface area contributed by atoms with Crippen LogP contribution in [0.25, 0.3) is 0 Å². The highest BCUT2D eigenvalue weighted by Crippen LogP contribution is 2.14. The van der Waals surface area contributed by atoms with Crippen molar-refractivity contribution in [1.82, 2.24) is 42.5 Å². The number of primary amides is 1. The van der Waals surface area contributed by atoms with Crippen LogP contribution in [0.3, 0.4) is 0 Å². The highest BCUT2D eigenvalue weighted by molar-refractivity contribution is 5.96. The van der Waals surface area contributed by atoms with E-state index >= 15 is 0 Å². The molecule has 0 saturated heterocycles. The smallest absolute Gasteiger partial charge is 0.243 e. The topological polar surface area (TPSA) is 341 Å². The van der Waals surface area contributed by atoms with Gasteiger partial charge in [0.2, 0.25) is 41.4 Å². The molecule has 0 unspecified atom stereocenters. The van der Waals surface area contributed by atoms with Gasteiger partial charge in [-0.15, -0.1) is 0 Å². The van der Waals surface area contributed by atoms with Crippen LogP contribution in [0.15, 0.2) is 0 Å². The molecule has 20 heteroatoms. The van der Waals surface area contributed by atoms with Crippen LogP contribution in [0, 0.1) is 16.7 Å². The average molecular weight is 894 g/mol. The Morgan fingerprint density at radius 2 is 0.873 bits per heavy atom. The molecule has 362 valence electrons. The van der Waals surface area contributed by atoms with Crippen LogP contribution in [0.4, 0.5) is 0 Å². The van der Waals surface area contributed by atoms with E-state index in [0.717, 1.165) is 19.3 Å². The summed E-state index contributed by atoms with van der Waals surface area (Å²) in [6, 6.07) is -5.68. The maximum atomic E-state index is 14.0. The minimum atomic E-state index is -1.31. The number of nitrogens with one attached hydrogen (secondary N) is 10. The van der Waals surface area contributed by atoms with Crippen LogP contribution >= 0.6 is 0 Å². The van der Waals surface area contributed by atoms with Gasteiger partial charge in [-0.1, -0.05) is 97.8 Å². The number of guanidine groups is 2. The molecule has 0 aliphatic heterocycles. The maximum Gasteiger partial charge on any atom is 0.243 e. The van der Waals surface area contributed by atoms with Crippen molar-refractivity contribution in [3.8, 4) is 0 Å². The molecule has 0 spiro atoms. The summed E-state index contributed by atoms with van der Waals surface area (Å²) in [5, 5.41) is 36.0. The van der Waals surface area contributed by atoms with E-state index in [0.29, 0.717) is 12.8 Å². The number of nitrogens with two attached hydrogens (primary N) is 3. The van der Waals surface area contributed by atoms with Crippen molar-refractivity contribution in [2.24, 2.45) is 23.1 Å². The van der Waals surface area contributed by atoms with Crippen molar-refractivity contribution in [3.05, 3.63) is 0 Å². The van der Waals surface area contributed by atoms with Crippen molar-refractivity contribution in [1.29, 1.82) is 10.8 Å². The Morgan fingerprint density at radius 3 is 1.30 bits per heavy atom. The van der Waals surface area contributed by atoms with Crippen molar-refractivity contribution in [2.45, 2.75) is 193 Å². The van der Waals surface area contributed by atoms with Gasteiger partial charge in [0.25, 0.3) is 0 Å². The first kappa shape index (κ1) is 57.8. The summed E-state index contributed by atoms with van der Waals surface area (Å²) in [5.41, 5.74) is 16.2. The standard InChI is InChI=1S/C43H83N13O7/c1-6-7-8-9-10-11-12-13-14-15-16-17-18-23-36(58)53-31(21-19-26-50-42(45)46)39(61)56-34(28-29(2)3)41(63)54-32(22-20-27-51-43(47)48)40(62)55-33(24-25-35(44)57)38(60)52-30(4)37(59)49-5/h29-34H,6-28H2,1-5H3,(H2,44,57)(H,49,59)(H,52,60)(H,53,58)(H,54,63)(H,55,62)(H,56,61)(H4,45,46,50)(H4,47,48,51)/t30-,31-,32-,33-,34-/m0/s1. The van der Waals surface area contributed by atoms with Crippen molar-refractivity contribution >= 4 is 53.3 Å². The Morgan fingerprint density at radius 1 is 0.476 bits per heavy atom. The van der Waals surface area contributed by atoms with Gasteiger partial charge < -0.3 is 59.7 Å². The lowest BCUT2D eigenvalue weighted by Crippen LogP contribution is -2.59. The van der Waals surface area contributed by atoms with Crippen LogP contribution in [0.5, 0.6) is 0 Å². The highest BCUT2D eigenvalue weighted by atomic mass is 16.2. The molecule has 0 aromatic heterocycles. The zero-order chi connectivity index (χ0) is 47.6. The number of carbonyl (C=O) groups is 7. The maximum absolute atomic E-state index is 14.0. The summed E-state index contributed by atoms with van der Waals surface area (Å²) in [7, 11) is 1.40. The van der Waals surface area contributed by atoms with Crippen molar-refractivity contribution in [3.63, 3.8) is 0 Å². The van der Waals surface area contributed by atoms with E-state index in [-0.39, 0.29) is 81.8 Å². The average Bonchev–Trinajstić information content (AvgIpc) is 3.21. The van der Waals surface area contributed by atoms with E-state index < -0.39 is 65.7 Å². The largest absolute Gasteiger partial charge is 0.370 e. The van der Waals surface area contributed by atoms with Gasteiger partial charge in [0.1, 0.15) is 30.2 Å². The van der Waals surface area contributed by atoms with Gasteiger partial charge in [-0.25, -0.2) is 0 Å². The Hall–Kier alpha value is -5.17. The molecule has 0 aliphatic carbocycles. The van der Waals surface area contributed by atoms with E-state index in [9.17, 15) is 33.6 Å². The van der Waals surface area contributed by atoms with E-state index in [1.54, 1.807) is 0 Å². The molecule has 0 aromatic carbocycles. The normalized spacial score (nSPS) is 13.3. The number of carbonyl (C=O) groups excluding carboxylic acids is 7. The molecule has 7 amide bonds. The quantitative estimate of drug-likeness (QED) is 0.0241. The zero-order valence-corrected chi connectivity index (χ0v) is 38.8. The first-order valence-corrected chi connectivity index (χ1v) is 23.1. The minimum absolute atomic E-state index is 0.0139. The number of unbranched alkanes of at least 4 members (excludes halogenated alkanes) is 12. The second-order valence-corrected chi connectivity index (χ2v) is 16.7. The minimum Gasteiger partial charge on any atom is -0.370 e. The summed E-state index contributed by atoms with van der Waals surface area (Å²) in [6.07, 6.45) is 16.0. The molecule has 16 N–H and O–H groups in total. The third-order valence-electron chi connectivity index (χ3n) is 10.4. The van der Waals surface area contributed by atoms with E-state index in [4.69, 9.17) is 28.0 Å². The molecule has 5 atom stereocenters. The molecule has 0 heterocycles.